The molecule has 1 aliphatic heterocycles. The molecule has 0 aliphatic carbocycles. The molecule has 0 unspecified atom stereocenters. The molecular weight excluding hydrogens is 488 g/mol. The normalized spacial score (nSPS) is 15.4. The van der Waals surface area contributed by atoms with E-state index < -0.39 is 12.0 Å². The van der Waals surface area contributed by atoms with Gasteiger partial charge in [-0.05, 0) is 56.0 Å². The summed E-state index contributed by atoms with van der Waals surface area (Å²) < 4.78 is 19.2. The van der Waals surface area contributed by atoms with Crippen LogP contribution in [-0.4, -0.2) is 30.4 Å². The van der Waals surface area contributed by atoms with Crippen molar-refractivity contribution >= 4 is 23.4 Å². The Labute approximate surface area is 220 Å². The van der Waals surface area contributed by atoms with Gasteiger partial charge in [-0.25, -0.2) is 9.79 Å². The first-order valence-corrected chi connectivity index (χ1v) is 13.3. The van der Waals surface area contributed by atoms with Crippen LogP contribution in [0.2, 0.25) is 0 Å². The number of hydrogen-bond acceptors (Lipinski definition) is 7. The van der Waals surface area contributed by atoms with Crippen LogP contribution in [0.25, 0.3) is 6.08 Å². The van der Waals surface area contributed by atoms with Crippen molar-refractivity contribution in [3.8, 4) is 11.5 Å². The Morgan fingerprint density at radius 3 is 2.51 bits per heavy atom. The van der Waals surface area contributed by atoms with E-state index in [1.54, 1.807) is 18.4 Å². The number of fused-ring (bicyclic) bond motifs is 1. The van der Waals surface area contributed by atoms with E-state index in [1.165, 1.54) is 11.3 Å². The number of nitrogens with zero attached hydrogens (tertiary/aromatic N) is 2. The minimum absolute atomic E-state index is 0.218. The summed E-state index contributed by atoms with van der Waals surface area (Å²) in [6.07, 6.45) is 1.82. The van der Waals surface area contributed by atoms with Crippen molar-refractivity contribution < 1.29 is 19.0 Å². The number of thiazole rings is 1. The quantitative estimate of drug-likeness (QED) is 0.395. The van der Waals surface area contributed by atoms with E-state index in [2.05, 4.69) is 18.8 Å². The van der Waals surface area contributed by atoms with Crippen molar-refractivity contribution in [2.45, 2.75) is 40.7 Å². The molecule has 0 amide bonds. The molecule has 2 heterocycles. The molecular formula is C29H32N2O5S. The molecule has 4 rings (SSSR count). The molecule has 8 heteroatoms. The average Bonchev–Trinajstić information content (AvgIpc) is 3.17. The standard InChI is InChI=1S/C29H32N2O5S/c1-6-34-23-15-20(13-14-22(23)36-17-18(3)4)16-24-27(32)31-26(21-11-9-8-10-12-21)25(28(33)35-7-2)19(5)30-29(31)37-24/h8-16,18,26H,6-7,17H2,1-5H3/b24-16-/t26-/m0/s1. The Bertz CT molecular complexity index is 1480. The highest BCUT2D eigenvalue weighted by Crippen LogP contribution is 2.31. The van der Waals surface area contributed by atoms with Gasteiger partial charge in [-0.15, -0.1) is 0 Å². The van der Waals surface area contributed by atoms with E-state index in [0.29, 0.717) is 51.2 Å². The van der Waals surface area contributed by atoms with E-state index >= 15 is 0 Å². The molecule has 2 aromatic carbocycles. The number of allylic oxidation sites excluding steroid dienone is 1. The maximum atomic E-state index is 13.7. The van der Waals surface area contributed by atoms with Crippen molar-refractivity contribution in [2.24, 2.45) is 10.9 Å². The molecule has 0 radical (unpaired) electrons. The van der Waals surface area contributed by atoms with Gasteiger partial charge in [0.15, 0.2) is 16.3 Å². The number of esters is 1. The second kappa shape index (κ2) is 11.6. The predicted octanol–water partition coefficient (Wildman–Crippen LogP) is 4.23. The first-order chi connectivity index (χ1) is 17.8. The first kappa shape index (κ1) is 26.4. The molecule has 7 nitrogen and oxygen atoms in total. The van der Waals surface area contributed by atoms with E-state index in [1.807, 2.05) is 61.5 Å². The number of benzene rings is 2. The van der Waals surface area contributed by atoms with Crippen LogP contribution in [0.4, 0.5) is 0 Å². The van der Waals surface area contributed by atoms with Crippen LogP contribution in [0.5, 0.6) is 11.5 Å². The lowest BCUT2D eigenvalue weighted by Gasteiger charge is -2.24. The molecule has 194 valence electrons. The van der Waals surface area contributed by atoms with Crippen LogP contribution in [0.15, 0.2) is 69.6 Å². The SMILES string of the molecule is CCOC(=O)C1=C(C)N=c2s/c(=C\c3ccc(OCC(C)C)c(OCC)c3)c(=O)n2[C@H]1c1ccccc1. The lowest BCUT2D eigenvalue weighted by atomic mass is 9.96. The zero-order chi connectivity index (χ0) is 26.5. The zero-order valence-electron chi connectivity index (χ0n) is 21.8. The predicted molar refractivity (Wildman–Crippen MR) is 145 cm³/mol. The van der Waals surface area contributed by atoms with Gasteiger partial charge in [-0.2, -0.15) is 0 Å². The number of aromatic nitrogens is 1. The Hall–Kier alpha value is -3.65. The van der Waals surface area contributed by atoms with Crippen LogP contribution in [0.3, 0.4) is 0 Å². The number of ether oxygens (including phenoxy) is 3. The number of carbonyl (C=O) groups excluding carboxylic acids is 1. The summed E-state index contributed by atoms with van der Waals surface area (Å²) in [7, 11) is 0. The molecule has 1 aromatic heterocycles. The van der Waals surface area contributed by atoms with E-state index in [0.717, 1.165) is 11.1 Å². The van der Waals surface area contributed by atoms with Crippen LogP contribution >= 0.6 is 11.3 Å². The monoisotopic (exact) mass is 520 g/mol. The lowest BCUT2D eigenvalue weighted by Crippen LogP contribution is -2.39. The lowest BCUT2D eigenvalue weighted by molar-refractivity contribution is -0.139. The van der Waals surface area contributed by atoms with Gasteiger partial charge >= 0.3 is 5.97 Å². The minimum atomic E-state index is -0.621. The largest absolute Gasteiger partial charge is 0.490 e. The van der Waals surface area contributed by atoms with Crippen molar-refractivity contribution in [1.29, 1.82) is 0 Å². The number of hydrogen-bond donors (Lipinski definition) is 0. The van der Waals surface area contributed by atoms with Crippen molar-refractivity contribution in [3.05, 3.63) is 90.6 Å². The fraction of sp³-hybridized carbons (Fsp3) is 0.345. The smallest absolute Gasteiger partial charge is 0.338 e. The Kier molecular flexibility index (Phi) is 8.28. The Balaban J connectivity index is 1.83. The summed E-state index contributed by atoms with van der Waals surface area (Å²) in [5.74, 6) is 1.22. The van der Waals surface area contributed by atoms with Crippen LogP contribution in [0, 0.1) is 5.92 Å². The number of rotatable bonds is 9. The molecule has 3 aromatic rings. The maximum Gasteiger partial charge on any atom is 0.338 e. The minimum Gasteiger partial charge on any atom is -0.490 e. The molecule has 0 saturated heterocycles. The average molecular weight is 521 g/mol. The highest BCUT2D eigenvalue weighted by atomic mass is 32.1. The van der Waals surface area contributed by atoms with Gasteiger partial charge in [0.05, 0.1) is 41.7 Å². The molecule has 0 bridgehead atoms. The van der Waals surface area contributed by atoms with Crippen LogP contribution in [0.1, 0.15) is 51.8 Å². The van der Waals surface area contributed by atoms with Crippen molar-refractivity contribution in [2.75, 3.05) is 19.8 Å². The summed E-state index contributed by atoms with van der Waals surface area (Å²) in [6, 6.07) is 14.5. The third-order valence-electron chi connectivity index (χ3n) is 5.77. The van der Waals surface area contributed by atoms with Gasteiger partial charge in [0.2, 0.25) is 0 Å². The molecule has 1 atom stereocenters. The summed E-state index contributed by atoms with van der Waals surface area (Å²) in [6.45, 7) is 11.0. The van der Waals surface area contributed by atoms with Crippen LogP contribution < -0.4 is 24.4 Å². The molecule has 37 heavy (non-hydrogen) atoms. The highest BCUT2D eigenvalue weighted by molar-refractivity contribution is 7.07. The zero-order valence-corrected chi connectivity index (χ0v) is 22.6. The van der Waals surface area contributed by atoms with E-state index in [-0.39, 0.29) is 12.2 Å². The van der Waals surface area contributed by atoms with Gasteiger partial charge in [-0.3, -0.25) is 9.36 Å². The summed E-state index contributed by atoms with van der Waals surface area (Å²) in [4.78, 5) is 31.9. The van der Waals surface area contributed by atoms with Crippen LogP contribution in [-0.2, 0) is 9.53 Å². The number of carbonyl (C=O) groups is 1. The Morgan fingerprint density at radius 2 is 1.84 bits per heavy atom. The molecule has 0 saturated carbocycles. The molecule has 0 spiro atoms. The molecule has 0 fully saturated rings. The van der Waals surface area contributed by atoms with Gasteiger partial charge < -0.3 is 14.2 Å². The van der Waals surface area contributed by atoms with Crippen molar-refractivity contribution in [3.63, 3.8) is 0 Å². The van der Waals surface area contributed by atoms with E-state index in [4.69, 9.17) is 14.2 Å². The summed E-state index contributed by atoms with van der Waals surface area (Å²) in [5, 5.41) is 0. The first-order valence-electron chi connectivity index (χ1n) is 12.5. The fourth-order valence-electron chi connectivity index (χ4n) is 4.15. The highest BCUT2D eigenvalue weighted by Gasteiger charge is 2.33. The Morgan fingerprint density at radius 1 is 1.08 bits per heavy atom. The second-order valence-electron chi connectivity index (χ2n) is 9.06. The van der Waals surface area contributed by atoms with Gasteiger partial charge in [0.1, 0.15) is 0 Å². The fourth-order valence-corrected chi connectivity index (χ4v) is 5.20. The molecule has 1 aliphatic rings. The summed E-state index contributed by atoms with van der Waals surface area (Å²) in [5.41, 5.74) is 2.33. The van der Waals surface area contributed by atoms with Gasteiger partial charge in [0, 0.05) is 0 Å². The van der Waals surface area contributed by atoms with Crippen molar-refractivity contribution in [1.82, 2.24) is 4.57 Å². The third kappa shape index (κ3) is 5.69. The summed E-state index contributed by atoms with van der Waals surface area (Å²) >= 11 is 1.29. The third-order valence-corrected chi connectivity index (χ3v) is 6.75. The second-order valence-corrected chi connectivity index (χ2v) is 10.1. The maximum absolute atomic E-state index is 13.7. The van der Waals surface area contributed by atoms with Gasteiger partial charge in [0.25, 0.3) is 5.56 Å². The van der Waals surface area contributed by atoms with Gasteiger partial charge in [-0.1, -0.05) is 61.6 Å². The topological polar surface area (TPSA) is 79.1 Å². The van der Waals surface area contributed by atoms with E-state index in [9.17, 15) is 9.59 Å². The molecule has 0 N–H and O–H groups in total.